The van der Waals surface area contributed by atoms with Crippen LogP contribution in [0.15, 0.2) is 42.5 Å². The summed E-state index contributed by atoms with van der Waals surface area (Å²) < 4.78 is 13.3. The van der Waals surface area contributed by atoms with Crippen molar-refractivity contribution in [1.29, 1.82) is 0 Å². The van der Waals surface area contributed by atoms with Gasteiger partial charge in [0, 0.05) is 22.5 Å². The highest BCUT2D eigenvalue weighted by Crippen LogP contribution is 2.26. The number of hydrogen-bond acceptors (Lipinski definition) is 3. The normalized spacial score (nSPS) is 10.8. The van der Waals surface area contributed by atoms with E-state index in [2.05, 4.69) is 15.3 Å². The van der Waals surface area contributed by atoms with Gasteiger partial charge in [-0.25, -0.2) is 14.4 Å². The maximum absolute atomic E-state index is 13.3. The fraction of sp³-hybridized carbons (Fsp3) is 0.125. The molecule has 0 unspecified atom stereocenters. The molecule has 3 nitrogen and oxygen atoms in total. The molecule has 0 saturated heterocycles. The quantitative estimate of drug-likeness (QED) is 0.758. The number of halogens is 1. The molecule has 1 aromatic carbocycles. The van der Waals surface area contributed by atoms with Gasteiger partial charge in [-0.05, 0) is 50.2 Å². The SMILES string of the molecule is Cc1ccc2c(Nc3cccc(F)c3)cc(C)nc2n1. The monoisotopic (exact) mass is 267 g/mol. The van der Waals surface area contributed by atoms with Crippen molar-refractivity contribution < 1.29 is 4.39 Å². The van der Waals surface area contributed by atoms with Crippen LogP contribution in [-0.4, -0.2) is 9.97 Å². The highest BCUT2D eigenvalue weighted by molar-refractivity contribution is 5.91. The Kier molecular flexibility index (Phi) is 3.06. The van der Waals surface area contributed by atoms with Crippen molar-refractivity contribution >= 4 is 22.4 Å². The smallest absolute Gasteiger partial charge is 0.161 e. The number of aromatic nitrogens is 2. The molecule has 1 N–H and O–H groups in total. The van der Waals surface area contributed by atoms with E-state index in [0.29, 0.717) is 11.3 Å². The first-order valence-electron chi connectivity index (χ1n) is 6.39. The van der Waals surface area contributed by atoms with E-state index in [0.717, 1.165) is 22.5 Å². The number of fused-ring (bicyclic) bond motifs is 1. The Bertz CT molecular complexity index is 779. The van der Waals surface area contributed by atoms with Crippen LogP contribution in [-0.2, 0) is 0 Å². The minimum Gasteiger partial charge on any atom is -0.355 e. The van der Waals surface area contributed by atoms with Gasteiger partial charge in [-0.2, -0.15) is 0 Å². The fourth-order valence-corrected chi connectivity index (χ4v) is 2.15. The summed E-state index contributed by atoms with van der Waals surface area (Å²) >= 11 is 0. The number of rotatable bonds is 2. The van der Waals surface area contributed by atoms with Crippen molar-refractivity contribution in [3.8, 4) is 0 Å². The average molecular weight is 267 g/mol. The van der Waals surface area contributed by atoms with Gasteiger partial charge in [-0.15, -0.1) is 0 Å². The maximum atomic E-state index is 13.3. The fourth-order valence-electron chi connectivity index (χ4n) is 2.15. The van der Waals surface area contributed by atoms with Gasteiger partial charge in [-0.1, -0.05) is 6.07 Å². The van der Waals surface area contributed by atoms with E-state index in [1.807, 2.05) is 38.1 Å². The van der Waals surface area contributed by atoms with Gasteiger partial charge >= 0.3 is 0 Å². The largest absolute Gasteiger partial charge is 0.355 e. The summed E-state index contributed by atoms with van der Waals surface area (Å²) in [7, 11) is 0. The molecule has 0 amide bonds. The minimum atomic E-state index is -0.265. The Labute approximate surface area is 116 Å². The number of nitrogens with one attached hydrogen (secondary N) is 1. The highest BCUT2D eigenvalue weighted by Gasteiger charge is 2.06. The molecule has 2 aromatic heterocycles. The van der Waals surface area contributed by atoms with Crippen molar-refractivity contribution in [3.63, 3.8) is 0 Å². The Morgan fingerprint density at radius 3 is 2.55 bits per heavy atom. The summed E-state index contributed by atoms with van der Waals surface area (Å²) in [6.45, 7) is 3.85. The van der Waals surface area contributed by atoms with Crippen molar-refractivity contribution in [2.75, 3.05) is 5.32 Å². The molecule has 0 saturated carbocycles. The summed E-state index contributed by atoms with van der Waals surface area (Å²) in [4.78, 5) is 8.86. The molecule has 0 atom stereocenters. The third kappa shape index (κ3) is 2.45. The summed E-state index contributed by atoms with van der Waals surface area (Å²) in [5, 5.41) is 4.15. The van der Waals surface area contributed by atoms with Crippen LogP contribution in [0.4, 0.5) is 15.8 Å². The number of anilines is 2. The van der Waals surface area contributed by atoms with Crippen LogP contribution < -0.4 is 5.32 Å². The van der Waals surface area contributed by atoms with Crippen LogP contribution in [0.2, 0.25) is 0 Å². The molecule has 0 bridgehead atoms. The van der Waals surface area contributed by atoms with Crippen LogP contribution in [0.1, 0.15) is 11.4 Å². The van der Waals surface area contributed by atoms with Gasteiger partial charge in [0.2, 0.25) is 0 Å². The molecule has 0 aliphatic carbocycles. The lowest BCUT2D eigenvalue weighted by Crippen LogP contribution is -1.97. The molecule has 3 aromatic rings. The highest BCUT2D eigenvalue weighted by atomic mass is 19.1. The maximum Gasteiger partial charge on any atom is 0.161 e. The van der Waals surface area contributed by atoms with E-state index in [1.54, 1.807) is 6.07 Å². The number of pyridine rings is 2. The van der Waals surface area contributed by atoms with E-state index in [1.165, 1.54) is 12.1 Å². The van der Waals surface area contributed by atoms with Gasteiger partial charge < -0.3 is 5.32 Å². The lowest BCUT2D eigenvalue weighted by atomic mass is 10.2. The number of aryl methyl sites for hydroxylation is 2. The van der Waals surface area contributed by atoms with Crippen molar-refractivity contribution in [2.45, 2.75) is 13.8 Å². The topological polar surface area (TPSA) is 37.8 Å². The summed E-state index contributed by atoms with van der Waals surface area (Å²) in [6.07, 6.45) is 0. The molecule has 3 rings (SSSR count). The van der Waals surface area contributed by atoms with E-state index < -0.39 is 0 Å². The third-order valence-electron chi connectivity index (χ3n) is 3.04. The van der Waals surface area contributed by atoms with Gasteiger partial charge in [0.1, 0.15) is 5.82 Å². The number of benzene rings is 1. The lowest BCUT2D eigenvalue weighted by molar-refractivity contribution is 0.628. The third-order valence-corrected chi connectivity index (χ3v) is 3.04. The lowest BCUT2D eigenvalue weighted by Gasteiger charge is -2.10. The van der Waals surface area contributed by atoms with E-state index in [-0.39, 0.29) is 5.82 Å². The molecule has 0 fully saturated rings. The Hall–Kier alpha value is -2.49. The first-order valence-corrected chi connectivity index (χ1v) is 6.39. The molecule has 4 heteroatoms. The van der Waals surface area contributed by atoms with Crippen molar-refractivity contribution in [2.24, 2.45) is 0 Å². The van der Waals surface area contributed by atoms with Crippen LogP contribution in [0.3, 0.4) is 0 Å². The molecule has 100 valence electrons. The second-order valence-corrected chi connectivity index (χ2v) is 4.77. The molecule has 0 aliphatic heterocycles. The molecule has 0 radical (unpaired) electrons. The Morgan fingerprint density at radius 1 is 0.950 bits per heavy atom. The van der Waals surface area contributed by atoms with Gasteiger partial charge in [0.25, 0.3) is 0 Å². The molecule has 2 heterocycles. The standard InChI is InChI=1S/C16H14FN3/c1-10-6-7-14-15(8-11(2)19-16(14)18-10)20-13-5-3-4-12(17)9-13/h3-9H,1-2H3,(H,18,19,20). The van der Waals surface area contributed by atoms with E-state index >= 15 is 0 Å². The van der Waals surface area contributed by atoms with Crippen LogP contribution in [0, 0.1) is 19.7 Å². The van der Waals surface area contributed by atoms with Gasteiger partial charge in [0.15, 0.2) is 5.65 Å². The zero-order valence-electron chi connectivity index (χ0n) is 11.3. The van der Waals surface area contributed by atoms with E-state index in [9.17, 15) is 4.39 Å². The first kappa shape index (κ1) is 12.5. The molecule has 20 heavy (non-hydrogen) atoms. The number of hydrogen-bond donors (Lipinski definition) is 1. The van der Waals surface area contributed by atoms with Crippen molar-refractivity contribution in [1.82, 2.24) is 9.97 Å². The Balaban J connectivity index is 2.11. The molecular formula is C16H14FN3. The summed E-state index contributed by atoms with van der Waals surface area (Å²) in [6, 6.07) is 12.2. The molecule has 0 spiro atoms. The van der Waals surface area contributed by atoms with Crippen molar-refractivity contribution in [3.05, 3.63) is 59.7 Å². The summed E-state index contributed by atoms with van der Waals surface area (Å²) in [5.74, 6) is -0.265. The molecule has 0 aliphatic rings. The molecular weight excluding hydrogens is 253 g/mol. The minimum absolute atomic E-state index is 0.265. The average Bonchev–Trinajstić information content (AvgIpc) is 2.37. The van der Waals surface area contributed by atoms with Crippen LogP contribution >= 0.6 is 0 Å². The Morgan fingerprint density at radius 2 is 1.75 bits per heavy atom. The van der Waals surface area contributed by atoms with Crippen LogP contribution in [0.25, 0.3) is 11.0 Å². The predicted octanol–water partition coefficient (Wildman–Crippen LogP) is 4.13. The predicted molar refractivity (Wildman–Crippen MR) is 78.7 cm³/mol. The van der Waals surface area contributed by atoms with E-state index in [4.69, 9.17) is 0 Å². The van der Waals surface area contributed by atoms with Gasteiger partial charge in [-0.3, -0.25) is 0 Å². The zero-order chi connectivity index (χ0) is 14.1. The first-order chi connectivity index (χ1) is 9.61. The second-order valence-electron chi connectivity index (χ2n) is 4.77. The zero-order valence-corrected chi connectivity index (χ0v) is 11.3. The summed E-state index contributed by atoms with van der Waals surface area (Å²) in [5.41, 5.74) is 4.08. The van der Waals surface area contributed by atoms with Gasteiger partial charge in [0.05, 0.1) is 5.69 Å². The number of nitrogens with zero attached hydrogens (tertiary/aromatic N) is 2. The second kappa shape index (κ2) is 4.89. The van der Waals surface area contributed by atoms with Crippen LogP contribution in [0.5, 0.6) is 0 Å².